The Morgan fingerprint density at radius 2 is 2.21 bits per heavy atom. The summed E-state index contributed by atoms with van der Waals surface area (Å²) in [6.07, 6.45) is 1.74. The van der Waals surface area contributed by atoms with Crippen LogP contribution < -0.4 is 5.32 Å². The standard InChI is InChI=1S/C14H17N5/c1-10(2)16-8-13-9-17-18-19(13)14-6-12(7-15)5-4-11(14)3/h4-6,9-10,16H,8H2,1-3H3. The molecule has 0 amide bonds. The summed E-state index contributed by atoms with van der Waals surface area (Å²) in [5.41, 5.74) is 3.57. The first-order chi connectivity index (χ1) is 9.11. The number of rotatable bonds is 4. The van der Waals surface area contributed by atoms with Crippen molar-refractivity contribution >= 4 is 0 Å². The van der Waals surface area contributed by atoms with Crippen molar-refractivity contribution in [3.05, 3.63) is 41.2 Å². The van der Waals surface area contributed by atoms with Gasteiger partial charge in [-0.2, -0.15) is 5.26 Å². The van der Waals surface area contributed by atoms with Gasteiger partial charge in [0.05, 0.1) is 29.2 Å². The summed E-state index contributed by atoms with van der Waals surface area (Å²) in [6.45, 7) is 6.88. The normalized spacial score (nSPS) is 10.7. The maximum atomic E-state index is 8.99. The van der Waals surface area contributed by atoms with E-state index in [1.54, 1.807) is 10.9 Å². The molecule has 1 N–H and O–H groups in total. The molecule has 5 nitrogen and oxygen atoms in total. The molecular formula is C14H17N5. The zero-order chi connectivity index (χ0) is 13.8. The van der Waals surface area contributed by atoms with Gasteiger partial charge in [-0.05, 0) is 24.6 Å². The van der Waals surface area contributed by atoms with Crippen molar-refractivity contribution in [2.45, 2.75) is 33.4 Å². The Labute approximate surface area is 112 Å². The van der Waals surface area contributed by atoms with E-state index in [-0.39, 0.29) is 0 Å². The molecule has 2 rings (SSSR count). The molecule has 1 heterocycles. The summed E-state index contributed by atoms with van der Waals surface area (Å²) >= 11 is 0. The Morgan fingerprint density at radius 3 is 2.89 bits per heavy atom. The second-order valence-electron chi connectivity index (χ2n) is 4.79. The van der Waals surface area contributed by atoms with Crippen molar-refractivity contribution in [2.24, 2.45) is 0 Å². The van der Waals surface area contributed by atoms with Gasteiger partial charge >= 0.3 is 0 Å². The van der Waals surface area contributed by atoms with Gasteiger partial charge in [-0.15, -0.1) is 5.10 Å². The maximum Gasteiger partial charge on any atom is 0.0992 e. The summed E-state index contributed by atoms with van der Waals surface area (Å²) in [5.74, 6) is 0. The molecule has 0 aliphatic carbocycles. The van der Waals surface area contributed by atoms with E-state index in [1.807, 2.05) is 25.1 Å². The Kier molecular flexibility index (Phi) is 3.93. The summed E-state index contributed by atoms with van der Waals surface area (Å²) < 4.78 is 1.78. The molecule has 0 unspecified atom stereocenters. The molecule has 2 aromatic rings. The van der Waals surface area contributed by atoms with E-state index >= 15 is 0 Å². The molecule has 0 bridgehead atoms. The van der Waals surface area contributed by atoms with Crippen molar-refractivity contribution < 1.29 is 0 Å². The Balaban J connectivity index is 2.37. The van der Waals surface area contributed by atoms with Gasteiger partial charge in [0.2, 0.25) is 0 Å². The number of hydrogen-bond acceptors (Lipinski definition) is 4. The van der Waals surface area contributed by atoms with Crippen molar-refractivity contribution in [1.82, 2.24) is 20.3 Å². The SMILES string of the molecule is Cc1ccc(C#N)cc1-n1nncc1CNC(C)C. The van der Waals surface area contributed by atoms with Gasteiger partial charge in [0.15, 0.2) is 0 Å². The lowest BCUT2D eigenvalue weighted by Gasteiger charge is -2.11. The molecule has 0 aliphatic heterocycles. The van der Waals surface area contributed by atoms with E-state index in [2.05, 4.69) is 35.5 Å². The van der Waals surface area contributed by atoms with Crippen LogP contribution in [0.2, 0.25) is 0 Å². The first-order valence-corrected chi connectivity index (χ1v) is 6.26. The van der Waals surface area contributed by atoms with E-state index < -0.39 is 0 Å². The minimum atomic E-state index is 0.398. The molecule has 0 atom stereocenters. The summed E-state index contributed by atoms with van der Waals surface area (Å²) in [7, 11) is 0. The molecule has 0 radical (unpaired) electrons. The minimum absolute atomic E-state index is 0.398. The van der Waals surface area contributed by atoms with Gasteiger partial charge in [-0.1, -0.05) is 25.1 Å². The lowest BCUT2D eigenvalue weighted by Crippen LogP contribution is -2.23. The highest BCUT2D eigenvalue weighted by Gasteiger charge is 2.09. The predicted molar refractivity (Wildman–Crippen MR) is 72.8 cm³/mol. The monoisotopic (exact) mass is 255 g/mol. The number of benzene rings is 1. The third kappa shape index (κ3) is 2.98. The molecule has 19 heavy (non-hydrogen) atoms. The number of nitriles is 1. The molecule has 1 aromatic heterocycles. The van der Waals surface area contributed by atoms with E-state index in [0.29, 0.717) is 18.2 Å². The highest BCUT2D eigenvalue weighted by atomic mass is 15.4. The van der Waals surface area contributed by atoms with Crippen molar-refractivity contribution in [1.29, 1.82) is 5.26 Å². The molecular weight excluding hydrogens is 238 g/mol. The van der Waals surface area contributed by atoms with Crippen LogP contribution in [0.1, 0.15) is 30.7 Å². The van der Waals surface area contributed by atoms with Crippen LogP contribution in [0.25, 0.3) is 5.69 Å². The molecule has 0 saturated carbocycles. The van der Waals surface area contributed by atoms with Gasteiger partial charge < -0.3 is 5.32 Å². The zero-order valence-electron chi connectivity index (χ0n) is 11.4. The van der Waals surface area contributed by atoms with Gasteiger partial charge in [0, 0.05) is 12.6 Å². The number of aryl methyl sites for hydroxylation is 1. The Bertz CT molecular complexity index is 607. The molecule has 0 saturated heterocycles. The first kappa shape index (κ1) is 13.2. The maximum absolute atomic E-state index is 8.99. The van der Waals surface area contributed by atoms with Gasteiger partial charge in [0.1, 0.15) is 0 Å². The van der Waals surface area contributed by atoms with Crippen LogP contribution in [0.15, 0.2) is 24.4 Å². The van der Waals surface area contributed by atoms with Gasteiger partial charge in [0.25, 0.3) is 0 Å². The molecule has 1 aromatic carbocycles. The molecule has 5 heteroatoms. The average Bonchev–Trinajstić information content (AvgIpc) is 2.85. The first-order valence-electron chi connectivity index (χ1n) is 6.26. The quantitative estimate of drug-likeness (QED) is 0.906. The van der Waals surface area contributed by atoms with Crippen molar-refractivity contribution in [2.75, 3.05) is 0 Å². The van der Waals surface area contributed by atoms with Crippen LogP contribution in [-0.4, -0.2) is 21.0 Å². The fraction of sp³-hybridized carbons (Fsp3) is 0.357. The molecule has 98 valence electrons. The van der Waals surface area contributed by atoms with Crippen molar-refractivity contribution in [3.8, 4) is 11.8 Å². The van der Waals surface area contributed by atoms with E-state index in [1.165, 1.54) is 0 Å². The molecule has 0 spiro atoms. The number of nitrogens with one attached hydrogen (secondary N) is 1. The largest absolute Gasteiger partial charge is 0.309 e. The van der Waals surface area contributed by atoms with Gasteiger partial charge in [-0.3, -0.25) is 0 Å². The number of hydrogen-bond donors (Lipinski definition) is 1. The number of nitrogens with zero attached hydrogens (tertiary/aromatic N) is 4. The number of aromatic nitrogens is 3. The van der Waals surface area contributed by atoms with Crippen molar-refractivity contribution in [3.63, 3.8) is 0 Å². The summed E-state index contributed by atoms with van der Waals surface area (Å²) in [4.78, 5) is 0. The fourth-order valence-corrected chi connectivity index (χ4v) is 1.80. The van der Waals surface area contributed by atoms with E-state index in [4.69, 9.17) is 5.26 Å². The third-order valence-corrected chi connectivity index (χ3v) is 2.88. The minimum Gasteiger partial charge on any atom is -0.309 e. The average molecular weight is 255 g/mol. The second kappa shape index (κ2) is 5.63. The lowest BCUT2D eigenvalue weighted by molar-refractivity contribution is 0.570. The van der Waals surface area contributed by atoms with Crippen LogP contribution in [0, 0.1) is 18.3 Å². The van der Waals surface area contributed by atoms with Crippen LogP contribution >= 0.6 is 0 Å². The van der Waals surface area contributed by atoms with E-state index in [9.17, 15) is 0 Å². The Morgan fingerprint density at radius 1 is 1.42 bits per heavy atom. The zero-order valence-corrected chi connectivity index (χ0v) is 11.4. The van der Waals surface area contributed by atoms with Crippen LogP contribution in [0.3, 0.4) is 0 Å². The van der Waals surface area contributed by atoms with Crippen LogP contribution in [-0.2, 0) is 6.54 Å². The third-order valence-electron chi connectivity index (χ3n) is 2.88. The lowest BCUT2D eigenvalue weighted by atomic mass is 10.1. The van der Waals surface area contributed by atoms with E-state index in [0.717, 1.165) is 16.9 Å². The Hall–Kier alpha value is -2.19. The highest BCUT2D eigenvalue weighted by molar-refractivity contribution is 5.47. The fourth-order valence-electron chi connectivity index (χ4n) is 1.80. The molecule has 0 aliphatic rings. The van der Waals surface area contributed by atoms with Crippen LogP contribution in [0.5, 0.6) is 0 Å². The summed E-state index contributed by atoms with van der Waals surface area (Å²) in [5, 5.41) is 20.4. The topological polar surface area (TPSA) is 66.5 Å². The molecule has 0 fully saturated rings. The van der Waals surface area contributed by atoms with Gasteiger partial charge in [-0.25, -0.2) is 4.68 Å². The second-order valence-corrected chi connectivity index (χ2v) is 4.79. The van der Waals surface area contributed by atoms with Crippen LogP contribution in [0.4, 0.5) is 0 Å². The summed E-state index contributed by atoms with van der Waals surface area (Å²) in [6, 6.07) is 8.12. The smallest absolute Gasteiger partial charge is 0.0992 e. The highest BCUT2D eigenvalue weighted by Crippen LogP contribution is 2.16. The predicted octanol–water partition coefficient (Wildman–Crippen LogP) is 1.95.